The second kappa shape index (κ2) is 7.47. The summed E-state index contributed by atoms with van der Waals surface area (Å²) in [7, 11) is 0. The number of hydrogen-bond donors (Lipinski definition) is 0. The van der Waals surface area contributed by atoms with Crippen molar-refractivity contribution in [2.24, 2.45) is 0 Å². The van der Waals surface area contributed by atoms with Crippen LogP contribution in [0.2, 0.25) is 0 Å². The van der Waals surface area contributed by atoms with E-state index < -0.39 is 0 Å². The van der Waals surface area contributed by atoms with Gasteiger partial charge in [-0.2, -0.15) is 0 Å². The average molecular weight is 357 g/mol. The lowest BCUT2D eigenvalue weighted by Gasteiger charge is -2.19. The second-order valence-electron chi connectivity index (χ2n) is 6.51. The minimum Gasteiger partial charge on any atom is -0.342 e. The van der Waals surface area contributed by atoms with Gasteiger partial charge in [-0.15, -0.1) is 10.2 Å². The molecule has 0 atom stereocenters. The molecule has 0 unspecified atom stereocenters. The van der Waals surface area contributed by atoms with Crippen LogP contribution in [0.5, 0.6) is 0 Å². The Morgan fingerprint density at radius 1 is 0.960 bits per heavy atom. The first kappa shape index (κ1) is 16.4. The summed E-state index contributed by atoms with van der Waals surface area (Å²) >= 11 is 1.51. The molecule has 2 aliphatic rings. The lowest BCUT2D eigenvalue weighted by Crippen LogP contribution is -2.33. The molecule has 0 saturated carbocycles. The molecule has 0 aliphatic carbocycles. The standard InChI is InChI=1S/C18H23N5OS/c24-16(21-10-6-1-2-7-11-21)14-25-18-20-19-17-22(12-13-23(17)18)15-8-4-3-5-9-15/h3-5,8-9H,1-2,6-7,10-14H2. The van der Waals surface area contributed by atoms with E-state index in [1.165, 1.54) is 24.6 Å². The van der Waals surface area contributed by atoms with E-state index in [0.29, 0.717) is 5.75 Å². The molecule has 1 fully saturated rings. The monoisotopic (exact) mass is 357 g/mol. The molecule has 4 rings (SSSR count). The van der Waals surface area contributed by atoms with Crippen LogP contribution in [0.3, 0.4) is 0 Å². The molecule has 132 valence electrons. The smallest absolute Gasteiger partial charge is 0.233 e. The summed E-state index contributed by atoms with van der Waals surface area (Å²) in [5.41, 5.74) is 1.13. The van der Waals surface area contributed by atoms with Gasteiger partial charge in [-0.1, -0.05) is 42.8 Å². The normalized spacial score (nSPS) is 17.4. The Balaban J connectivity index is 1.41. The number of rotatable bonds is 4. The number of fused-ring (bicyclic) bond motifs is 1. The van der Waals surface area contributed by atoms with Gasteiger partial charge in [0.05, 0.1) is 5.75 Å². The molecule has 0 spiro atoms. The number of benzene rings is 1. The second-order valence-corrected chi connectivity index (χ2v) is 7.45. The van der Waals surface area contributed by atoms with Crippen LogP contribution in [-0.4, -0.2) is 51.0 Å². The highest BCUT2D eigenvalue weighted by atomic mass is 32.2. The predicted molar refractivity (Wildman–Crippen MR) is 99.2 cm³/mol. The van der Waals surface area contributed by atoms with Crippen LogP contribution in [0, 0.1) is 0 Å². The number of carbonyl (C=O) groups excluding carboxylic acids is 1. The minimum atomic E-state index is 0.224. The van der Waals surface area contributed by atoms with E-state index in [1.807, 2.05) is 23.1 Å². The van der Waals surface area contributed by atoms with E-state index in [-0.39, 0.29) is 5.91 Å². The third-order valence-corrected chi connectivity index (χ3v) is 5.79. The number of aromatic nitrogens is 3. The summed E-state index contributed by atoms with van der Waals surface area (Å²) in [4.78, 5) is 16.7. The van der Waals surface area contributed by atoms with Gasteiger partial charge in [0, 0.05) is 31.9 Å². The number of likely N-dealkylation sites (tertiary alicyclic amines) is 1. The van der Waals surface area contributed by atoms with Crippen LogP contribution >= 0.6 is 11.8 Å². The number of carbonyl (C=O) groups is 1. The molecular formula is C18H23N5OS. The van der Waals surface area contributed by atoms with E-state index in [4.69, 9.17) is 0 Å². The van der Waals surface area contributed by atoms with Crippen molar-refractivity contribution in [3.05, 3.63) is 30.3 Å². The van der Waals surface area contributed by atoms with Crippen molar-refractivity contribution in [3.63, 3.8) is 0 Å². The van der Waals surface area contributed by atoms with Gasteiger partial charge >= 0.3 is 0 Å². The quantitative estimate of drug-likeness (QED) is 0.788. The maximum absolute atomic E-state index is 12.5. The highest BCUT2D eigenvalue weighted by Gasteiger charge is 2.26. The molecule has 2 aliphatic heterocycles. The lowest BCUT2D eigenvalue weighted by molar-refractivity contribution is -0.128. The van der Waals surface area contributed by atoms with E-state index in [1.54, 1.807) is 0 Å². The van der Waals surface area contributed by atoms with Crippen molar-refractivity contribution in [1.82, 2.24) is 19.7 Å². The topological polar surface area (TPSA) is 54.3 Å². The van der Waals surface area contributed by atoms with Gasteiger partial charge in [-0.05, 0) is 25.0 Å². The van der Waals surface area contributed by atoms with Crippen molar-refractivity contribution in [2.45, 2.75) is 37.4 Å². The molecule has 1 aromatic heterocycles. The van der Waals surface area contributed by atoms with Crippen LogP contribution < -0.4 is 4.90 Å². The molecule has 1 saturated heterocycles. The van der Waals surface area contributed by atoms with Gasteiger partial charge in [-0.3, -0.25) is 9.36 Å². The third-order valence-electron chi connectivity index (χ3n) is 4.84. The zero-order valence-electron chi connectivity index (χ0n) is 14.3. The van der Waals surface area contributed by atoms with E-state index in [9.17, 15) is 4.79 Å². The predicted octanol–water partition coefficient (Wildman–Crippen LogP) is 2.92. The lowest BCUT2D eigenvalue weighted by atomic mass is 10.2. The van der Waals surface area contributed by atoms with Crippen molar-refractivity contribution in [2.75, 3.05) is 30.3 Å². The Bertz CT molecular complexity index is 724. The highest BCUT2D eigenvalue weighted by Crippen LogP contribution is 2.31. The maximum atomic E-state index is 12.5. The summed E-state index contributed by atoms with van der Waals surface area (Å²) in [6.07, 6.45) is 4.74. The summed E-state index contributed by atoms with van der Waals surface area (Å²) in [5, 5.41) is 9.51. The van der Waals surface area contributed by atoms with Crippen LogP contribution in [0.4, 0.5) is 11.6 Å². The Hall–Kier alpha value is -2.02. The number of thioether (sulfide) groups is 1. The number of nitrogens with zero attached hydrogens (tertiary/aromatic N) is 5. The molecule has 3 heterocycles. The molecule has 25 heavy (non-hydrogen) atoms. The number of hydrogen-bond acceptors (Lipinski definition) is 5. The Morgan fingerprint density at radius 2 is 1.72 bits per heavy atom. The van der Waals surface area contributed by atoms with Crippen LogP contribution in [0.1, 0.15) is 25.7 Å². The molecule has 7 heteroatoms. The summed E-state index contributed by atoms with van der Waals surface area (Å²) in [6.45, 7) is 3.55. The van der Waals surface area contributed by atoms with Crippen molar-refractivity contribution in [3.8, 4) is 0 Å². The summed E-state index contributed by atoms with van der Waals surface area (Å²) in [6, 6.07) is 10.2. The molecule has 0 radical (unpaired) electrons. The van der Waals surface area contributed by atoms with Gasteiger partial charge in [0.2, 0.25) is 11.9 Å². The van der Waals surface area contributed by atoms with E-state index in [0.717, 1.165) is 55.8 Å². The first-order chi connectivity index (χ1) is 12.3. The molecular weight excluding hydrogens is 334 g/mol. The van der Waals surface area contributed by atoms with Crippen LogP contribution in [0.15, 0.2) is 35.5 Å². The fourth-order valence-corrected chi connectivity index (χ4v) is 4.34. The van der Waals surface area contributed by atoms with Gasteiger partial charge < -0.3 is 9.80 Å². The van der Waals surface area contributed by atoms with E-state index in [2.05, 4.69) is 31.8 Å². The first-order valence-corrected chi connectivity index (χ1v) is 9.98. The molecule has 1 aromatic carbocycles. The van der Waals surface area contributed by atoms with Crippen molar-refractivity contribution >= 4 is 29.3 Å². The van der Waals surface area contributed by atoms with Gasteiger partial charge in [-0.25, -0.2) is 0 Å². The fourth-order valence-electron chi connectivity index (χ4n) is 3.47. The van der Waals surface area contributed by atoms with Gasteiger partial charge in [0.25, 0.3) is 0 Å². The van der Waals surface area contributed by atoms with E-state index >= 15 is 0 Å². The van der Waals surface area contributed by atoms with Crippen LogP contribution in [0.25, 0.3) is 0 Å². The Labute approximate surface area is 152 Å². The fraction of sp³-hybridized carbons (Fsp3) is 0.500. The van der Waals surface area contributed by atoms with Gasteiger partial charge in [0.1, 0.15) is 0 Å². The highest BCUT2D eigenvalue weighted by molar-refractivity contribution is 7.99. The molecule has 1 amide bonds. The van der Waals surface area contributed by atoms with Crippen molar-refractivity contribution < 1.29 is 4.79 Å². The zero-order chi connectivity index (χ0) is 17.1. The first-order valence-electron chi connectivity index (χ1n) is 8.99. The molecule has 6 nitrogen and oxygen atoms in total. The third kappa shape index (κ3) is 3.51. The zero-order valence-corrected chi connectivity index (χ0v) is 15.1. The van der Waals surface area contributed by atoms with Crippen LogP contribution in [-0.2, 0) is 11.3 Å². The molecule has 0 bridgehead atoms. The molecule has 2 aromatic rings. The molecule has 0 N–H and O–H groups in total. The SMILES string of the molecule is O=C(CSc1nnc2n1CCN2c1ccccc1)N1CCCCCC1. The number of para-hydroxylation sites is 1. The summed E-state index contributed by atoms with van der Waals surface area (Å²) in [5.74, 6) is 1.54. The maximum Gasteiger partial charge on any atom is 0.233 e. The summed E-state index contributed by atoms with van der Waals surface area (Å²) < 4.78 is 2.12. The number of amides is 1. The largest absolute Gasteiger partial charge is 0.342 e. The average Bonchev–Trinajstić information content (AvgIpc) is 3.12. The number of anilines is 2. The van der Waals surface area contributed by atoms with Crippen molar-refractivity contribution in [1.29, 1.82) is 0 Å². The van der Waals surface area contributed by atoms with Gasteiger partial charge in [0.15, 0.2) is 5.16 Å². The minimum absolute atomic E-state index is 0.224. The Morgan fingerprint density at radius 3 is 2.48 bits per heavy atom. The Kier molecular flexibility index (Phi) is 4.92.